The average Bonchev–Trinajstić information content (AvgIpc) is 3.14. The number of hydrogen-bond acceptors (Lipinski definition) is 4. The topological polar surface area (TPSA) is 90.8 Å². The number of carbonyl (C=O) groups excluding carboxylic acids is 1. The zero-order valence-electron chi connectivity index (χ0n) is 14.6. The van der Waals surface area contributed by atoms with Crippen LogP contribution in [0.3, 0.4) is 0 Å². The molecule has 3 aromatic rings. The van der Waals surface area contributed by atoms with Crippen LogP contribution in [0.15, 0.2) is 43.0 Å². The minimum Gasteiger partial charge on any atom is -0.325 e. The summed E-state index contributed by atoms with van der Waals surface area (Å²) in [6, 6.07) is 6.98. The number of rotatable bonds is 5. The van der Waals surface area contributed by atoms with E-state index in [4.69, 9.17) is 5.73 Å². The summed E-state index contributed by atoms with van der Waals surface area (Å²) >= 11 is 0. The molecule has 2 heterocycles. The molecule has 0 aliphatic rings. The van der Waals surface area contributed by atoms with Crippen LogP contribution in [0.25, 0.3) is 5.69 Å². The number of hydrogen-bond donors (Lipinski definition) is 2. The van der Waals surface area contributed by atoms with Crippen LogP contribution in [0, 0.1) is 13.8 Å². The van der Waals surface area contributed by atoms with E-state index in [1.54, 1.807) is 17.2 Å². The molecule has 7 heteroatoms. The number of aryl methyl sites for hydroxylation is 2. The Balaban J connectivity index is 1.64. The first kappa shape index (κ1) is 16.9. The molecule has 130 valence electrons. The van der Waals surface area contributed by atoms with Gasteiger partial charge in [-0.1, -0.05) is 0 Å². The zero-order valence-corrected chi connectivity index (χ0v) is 14.6. The predicted molar refractivity (Wildman–Crippen MR) is 96.6 cm³/mol. The summed E-state index contributed by atoms with van der Waals surface area (Å²) < 4.78 is 3.70. The van der Waals surface area contributed by atoms with Crippen molar-refractivity contribution in [1.82, 2.24) is 19.3 Å². The van der Waals surface area contributed by atoms with Gasteiger partial charge in [0, 0.05) is 30.3 Å². The molecule has 0 radical (unpaired) electrons. The van der Waals surface area contributed by atoms with E-state index in [0.29, 0.717) is 12.1 Å². The van der Waals surface area contributed by atoms with Crippen LogP contribution >= 0.6 is 0 Å². The van der Waals surface area contributed by atoms with E-state index in [9.17, 15) is 4.79 Å². The molecule has 7 nitrogen and oxygen atoms in total. The Morgan fingerprint density at radius 1 is 1.28 bits per heavy atom. The first-order chi connectivity index (χ1) is 11.9. The molecule has 25 heavy (non-hydrogen) atoms. The lowest BCUT2D eigenvalue weighted by atomic mass is 10.1. The molecule has 1 aromatic carbocycles. The molecule has 0 saturated carbocycles. The summed E-state index contributed by atoms with van der Waals surface area (Å²) in [5.74, 6) is -0.216. The van der Waals surface area contributed by atoms with Crippen LogP contribution in [0.1, 0.15) is 17.0 Å². The fourth-order valence-electron chi connectivity index (χ4n) is 2.62. The number of benzene rings is 1. The smallest absolute Gasteiger partial charge is 0.241 e. The van der Waals surface area contributed by atoms with Crippen molar-refractivity contribution in [2.45, 2.75) is 26.3 Å². The SMILES string of the molecule is Cc1ncn(-c2ccc(NC(=O)C(N)Cc3cnn(C)c3)cc2)c1C. The Bertz CT molecular complexity index is 877. The molecule has 3 rings (SSSR count). The number of nitrogens with zero attached hydrogens (tertiary/aromatic N) is 4. The van der Waals surface area contributed by atoms with Gasteiger partial charge in [0.25, 0.3) is 0 Å². The lowest BCUT2D eigenvalue weighted by Gasteiger charge is -2.12. The first-order valence-corrected chi connectivity index (χ1v) is 8.09. The second-order valence-electron chi connectivity index (χ2n) is 6.15. The molecular weight excluding hydrogens is 316 g/mol. The Kier molecular flexibility index (Phi) is 4.67. The highest BCUT2D eigenvalue weighted by Crippen LogP contribution is 2.17. The van der Waals surface area contributed by atoms with Crippen LogP contribution in [-0.4, -0.2) is 31.3 Å². The lowest BCUT2D eigenvalue weighted by molar-refractivity contribution is -0.117. The van der Waals surface area contributed by atoms with Gasteiger partial charge < -0.3 is 15.6 Å². The summed E-state index contributed by atoms with van der Waals surface area (Å²) in [7, 11) is 1.83. The van der Waals surface area contributed by atoms with Gasteiger partial charge in [-0.25, -0.2) is 4.98 Å². The van der Waals surface area contributed by atoms with Crippen LogP contribution in [0.4, 0.5) is 5.69 Å². The summed E-state index contributed by atoms with van der Waals surface area (Å²) in [6.45, 7) is 4.00. The highest BCUT2D eigenvalue weighted by Gasteiger charge is 2.15. The Hall–Kier alpha value is -2.93. The van der Waals surface area contributed by atoms with Crippen molar-refractivity contribution in [1.29, 1.82) is 0 Å². The van der Waals surface area contributed by atoms with E-state index in [2.05, 4.69) is 15.4 Å². The molecular formula is C18H22N6O. The molecule has 3 N–H and O–H groups in total. The van der Waals surface area contributed by atoms with E-state index < -0.39 is 6.04 Å². The number of anilines is 1. The minimum atomic E-state index is -0.623. The average molecular weight is 338 g/mol. The maximum absolute atomic E-state index is 12.3. The van der Waals surface area contributed by atoms with E-state index in [0.717, 1.165) is 22.6 Å². The Morgan fingerprint density at radius 3 is 2.56 bits per heavy atom. The standard InChI is InChI=1S/C18H22N6O/c1-12-13(2)24(11-20-12)16-6-4-15(5-7-16)22-18(25)17(19)8-14-9-21-23(3)10-14/h4-7,9-11,17H,8,19H2,1-3H3,(H,22,25). The molecule has 2 aromatic heterocycles. The van der Waals surface area contributed by atoms with Gasteiger partial charge in [-0.05, 0) is 50.1 Å². The quantitative estimate of drug-likeness (QED) is 0.741. The monoisotopic (exact) mass is 338 g/mol. The number of aromatic nitrogens is 4. The second kappa shape index (κ2) is 6.90. The van der Waals surface area contributed by atoms with Crippen LogP contribution in [0.2, 0.25) is 0 Å². The van der Waals surface area contributed by atoms with Crippen molar-refractivity contribution in [3.8, 4) is 5.69 Å². The van der Waals surface area contributed by atoms with E-state index >= 15 is 0 Å². The fourth-order valence-corrected chi connectivity index (χ4v) is 2.62. The molecule has 0 spiro atoms. The van der Waals surface area contributed by atoms with Gasteiger partial charge in [0.15, 0.2) is 0 Å². The third-order valence-electron chi connectivity index (χ3n) is 4.22. The van der Waals surface area contributed by atoms with Gasteiger partial charge in [0.2, 0.25) is 5.91 Å². The van der Waals surface area contributed by atoms with E-state index in [1.807, 2.05) is 55.9 Å². The minimum absolute atomic E-state index is 0.216. The number of carbonyl (C=O) groups is 1. The van der Waals surface area contributed by atoms with Gasteiger partial charge in [0.05, 0.1) is 24.3 Å². The molecule has 1 atom stereocenters. The van der Waals surface area contributed by atoms with Gasteiger partial charge in [-0.15, -0.1) is 0 Å². The predicted octanol–water partition coefficient (Wildman–Crippen LogP) is 1.73. The molecule has 0 saturated heterocycles. The first-order valence-electron chi connectivity index (χ1n) is 8.09. The number of amides is 1. The molecule has 0 bridgehead atoms. The molecule has 0 aliphatic heterocycles. The van der Waals surface area contributed by atoms with Crippen LogP contribution < -0.4 is 11.1 Å². The highest BCUT2D eigenvalue weighted by atomic mass is 16.2. The maximum Gasteiger partial charge on any atom is 0.241 e. The lowest BCUT2D eigenvalue weighted by Crippen LogP contribution is -2.37. The summed E-state index contributed by atoms with van der Waals surface area (Å²) in [5.41, 5.74) is 10.7. The number of nitrogens with one attached hydrogen (secondary N) is 1. The Labute approximate surface area is 146 Å². The van der Waals surface area contributed by atoms with Crippen molar-refractivity contribution in [3.05, 3.63) is 59.9 Å². The van der Waals surface area contributed by atoms with Crippen molar-refractivity contribution >= 4 is 11.6 Å². The summed E-state index contributed by atoms with van der Waals surface area (Å²) in [5, 5.41) is 6.93. The highest BCUT2D eigenvalue weighted by molar-refractivity contribution is 5.94. The van der Waals surface area contributed by atoms with Crippen molar-refractivity contribution in [3.63, 3.8) is 0 Å². The summed E-state index contributed by atoms with van der Waals surface area (Å²) in [4.78, 5) is 16.6. The zero-order chi connectivity index (χ0) is 18.0. The van der Waals surface area contributed by atoms with Gasteiger partial charge >= 0.3 is 0 Å². The molecule has 1 unspecified atom stereocenters. The van der Waals surface area contributed by atoms with E-state index in [1.165, 1.54) is 0 Å². The molecule has 1 amide bonds. The summed E-state index contributed by atoms with van der Waals surface area (Å²) in [6.07, 6.45) is 5.82. The normalized spacial score (nSPS) is 12.2. The van der Waals surface area contributed by atoms with Gasteiger partial charge in [0.1, 0.15) is 0 Å². The van der Waals surface area contributed by atoms with Crippen molar-refractivity contribution in [2.75, 3.05) is 5.32 Å². The number of imidazole rings is 1. The molecule has 0 aliphatic carbocycles. The molecule has 0 fully saturated rings. The number of nitrogens with two attached hydrogens (primary N) is 1. The van der Waals surface area contributed by atoms with E-state index in [-0.39, 0.29) is 5.91 Å². The Morgan fingerprint density at radius 2 is 2.00 bits per heavy atom. The second-order valence-corrected chi connectivity index (χ2v) is 6.15. The largest absolute Gasteiger partial charge is 0.325 e. The third kappa shape index (κ3) is 3.77. The third-order valence-corrected chi connectivity index (χ3v) is 4.22. The van der Waals surface area contributed by atoms with Crippen molar-refractivity contribution < 1.29 is 4.79 Å². The maximum atomic E-state index is 12.3. The van der Waals surface area contributed by atoms with Gasteiger partial charge in [-0.3, -0.25) is 9.48 Å². The van der Waals surface area contributed by atoms with Crippen molar-refractivity contribution in [2.24, 2.45) is 12.8 Å². The van der Waals surface area contributed by atoms with Crippen LogP contribution in [-0.2, 0) is 18.3 Å². The fraction of sp³-hybridized carbons (Fsp3) is 0.278. The van der Waals surface area contributed by atoms with Gasteiger partial charge in [-0.2, -0.15) is 5.10 Å². The van der Waals surface area contributed by atoms with Crippen LogP contribution in [0.5, 0.6) is 0 Å².